The minimum atomic E-state index is -0.0706. The van der Waals surface area contributed by atoms with Crippen LogP contribution in [0.5, 0.6) is 0 Å². The van der Waals surface area contributed by atoms with E-state index in [9.17, 15) is 9.59 Å². The number of aromatic nitrogens is 2. The Balaban J connectivity index is 1.79. The lowest BCUT2D eigenvalue weighted by molar-refractivity contribution is -0.142. The van der Waals surface area contributed by atoms with E-state index in [0.717, 1.165) is 6.42 Å². The number of anilines is 1. The first-order valence-electron chi connectivity index (χ1n) is 4.60. The van der Waals surface area contributed by atoms with E-state index in [2.05, 4.69) is 10.2 Å². The molecule has 1 saturated carbocycles. The second-order valence-electron chi connectivity index (χ2n) is 3.75. The van der Waals surface area contributed by atoms with E-state index in [1.54, 1.807) is 0 Å². The fourth-order valence-corrected chi connectivity index (χ4v) is 2.47. The highest BCUT2D eigenvalue weighted by Gasteiger charge is 2.58. The Bertz CT molecular complexity index is 437. The van der Waals surface area contributed by atoms with Gasteiger partial charge in [0.25, 0.3) is 0 Å². The lowest BCUT2D eigenvalue weighted by Gasteiger charge is -2.13. The number of likely N-dealkylation sites (tertiary alicyclic amines) is 1. The first-order valence-corrected chi connectivity index (χ1v) is 5.41. The molecule has 2 N–H and O–H groups in total. The molecule has 7 heteroatoms. The maximum Gasteiger partial charge on any atom is 0.233 e. The van der Waals surface area contributed by atoms with Crippen LogP contribution in [-0.2, 0) is 16.1 Å². The van der Waals surface area contributed by atoms with Crippen LogP contribution in [-0.4, -0.2) is 26.9 Å². The molecular weight excluding hydrogens is 216 g/mol. The molecule has 0 radical (unpaired) electrons. The van der Waals surface area contributed by atoms with Crippen LogP contribution in [0.15, 0.2) is 0 Å². The largest absolute Gasteiger partial charge is 0.374 e. The highest BCUT2D eigenvalue weighted by atomic mass is 32.1. The third-order valence-corrected chi connectivity index (χ3v) is 3.47. The van der Waals surface area contributed by atoms with Crippen LogP contribution in [0.25, 0.3) is 0 Å². The number of carbonyl (C=O) groups excluding carboxylic acids is 2. The molecule has 15 heavy (non-hydrogen) atoms. The summed E-state index contributed by atoms with van der Waals surface area (Å²) in [6, 6.07) is 0. The molecule has 2 unspecified atom stereocenters. The van der Waals surface area contributed by atoms with Gasteiger partial charge in [0, 0.05) is 0 Å². The number of nitrogens with zero attached hydrogens (tertiary/aromatic N) is 3. The summed E-state index contributed by atoms with van der Waals surface area (Å²) >= 11 is 1.20. The van der Waals surface area contributed by atoms with Gasteiger partial charge in [0.05, 0.1) is 18.4 Å². The van der Waals surface area contributed by atoms with Crippen molar-refractivity contribution in [2.45, 2.75) is 13.0 Å². The van der Waals surface area contributed by atoms with Gasteiger partial charge in [0.15, 0.2) is 0 Å². The predicted octanol–water partition coefficient (Wildman–Crippen LogP) is -0.375. The van der Waals surface area contributed by atoms with Gasteiger partial charge in [0.1, 0.15) is 5.01 Å². The molecule has 6 nitrogen and oxygen atoms in total. The average Bonchev–Trinajstić information content (AvgIpc) is 2.85. The van der Waals surface area contributed by atoms with Crippen molar-refractivity contribution in [3.05, 3.63) is 5.01 Å². The number of nitrogen functional groups attached to an aromatic ring is 1. The summed E-state index contributed by atoms with van der Waals surface area (Å²) in [5, 5.41) is 8.38. The summed E-state index contributed by atoms with van der Waals surface area (Å²) in [7, 11) is 0. The van der Waals surface area contributed by atoms with Crippen molar-refractivity contribution in [2.24, 2.45) is 11.8 Å². The molecule has 1 aromatic heterocycles. The SMILES string of the molecule is Nc1nnc(CN2C(=O)C3CC3C2=O)s1. The van der Waals surface area contributed by atoms with Crippen LogP contribution in [0.2, 0.25) is 0 Å². The zero-order chi connectivity index (χ0) is 10.6. The van der Waals surface area contributed by atoms with E-state index in [-0.39, 0.29) is 30.2 Å². The maximum atomic E-state index is 11.6. The molecule has 0 bridgehead atoms. The molecule has 3 rings (SSSR count). The van der Waals surface area contributed by atoms with Crippen molar-refractivity contribution < 1.29 is 9.59 Å². The molecule has 2 fully saturated rings. The lowest BCUT2D eigenvalue weighted by Crippen LogP contribution is -2.32. The number of hydrogen-bond donors (Lipinski definition) is 1. The Labute approximate surface area is 89.1 Å². The molecule has 0 aromatic carbocycles. The first kappa shape index (κ1) is 8.78. The van der Waals surface area contributed by atoms with Crippen molar-refractivity contribution in [2.75, 3.05) is 5.73 Å². The zero-order valence-electron chi connectivity index (χ0n) is 7.71. The van der Waals surface area contributed by atoms with Gasteiger partial charge in [-0.25, -0.2) is 0 Å². The number of amides is 2. The van der Waals surface area contributed by atoms with Crippen LogP contribution in [0.1, 0.15) is 11.4 Å². The second-order valence-corrected chi connectivity index (χ2v) is 4.84. The highest BCUT2D eigenvalue weighted by molar-refractivity contribution is 7.15. The number of nitrogens with two attached hydrogens (primary N) is 1. The van der Waals surface area contributed by atoms with Gasteiger partial charge in [0.2, 0.25) is 16.9 Å². The summed E-state index contributed by atoms with van der Waals surface area (Å²) in [4.78, 5) is 24.5. The molecule has 1 aromatic rings. The molecule has 78 valence electrons. The van der Waals surface area contributed by atoms with Gasteiger partial charge in [-0.2, -0.15) is 0 Å². The predicted molar refractivity (Wildman–Crippen MR) is 51.5 cm³/mol. The zero-order valence-corrected chi connectivity index (χ0v) is 8.53. The van der Waals surface area contributed by atoms with E-state index in [0.29, 0.717) is 10.1 Å². The van der Waals surface area contributed by atoms with Gasteiger partial charge in [-0.15, -0.1) is 10.2 Å². The standard InChI is InChI=1S/C8H8N4O2S/c9-8-11-10-5(15-8)2-12-6(13)3-1-4(3)7(12)14/h3-4H,1-2H2,(H2,9,11). The van der Waals surface area contributed by atoms with E-state index < -0.39 is 0 Å². The number of fused-ring (bicyclic) bond motifs is 1. The fourth-order valence-electron chi connectivity index (χ4n) is 1.87. The number of carbonyl (C=O) groups is 2. The summed E-state index contributed by atoms with van der Waals surface area (Å²) < 4.78 is 0. The molecule has 1 aliphatic carbocycles. The number of piperidine rings is 1. The second kappa shape index (κ2) is 2.75. The van der Waals surface area contributed by atoms with Crippen LogP contribution in [0.3, 0.4) is 0 Å². The Kier molecular flexibility index (Phi) is 1.61. The normalized spacial score (nSPS) is 28.4. The molecule has 0 spiro atoms. The Morgan fingerprint density at radius 3 is 2.53 bits per heavy atom. The van der Waals surface area contributed by atoms with Gasteiger partial charge < -0.3 is 5.73 Å². The van der Waals surface area contributed by atoms with Gasteiger partial charge in [-0.1, -0.05) is 11.3 Å². The maximum absolute atomic E-state index is 11.6. The minimum absolute atomic E-state index is 0.0530. The highest BCUT2D eigenvalue weighted by Crippen LogP contribution is 2.47. The van der Waals surface area contributed by atoms with Crippen molar-refractivity contribution in [3.8, 4) is 0 Å². The Morgan fingerprint density at radius 2 is 2.00 bits per heavy atom. The number of imide groups is 1. The van der Waals surface area contributed by atoms with Gasteiger partial charge in [-0.3, -0.25) is 14.5 Å². The molecule has 2 amide bonds. The monoisotopic (exact) mass is 224 g/mol. The average molecular weight is 224 g/mol. The van der Waals surface area contributed by atoms with Crippen molar-refractivity contribution in [1.82, 2.24) is 15.1 Å². The molecule has 2 aliphatic rings. The smallest absolute Gasteiger partial charge is 0.233 e. The van der Waals surface area contributed by atoms with Crippen molar-refractivity contribution in [3.63, 3.8) is 0 Å². The molecule has 2 atom stereocenters. The lowest BCUT2D eigenvalue weighted by atomic mass is 10.4. The van der Waals surface area contributed by atoms with E-state index in [1.807, 2.05) is 0 Å². The fraction of sp³-hybridized carbons (Fsp3) is 0.500. The third-order valence-electron chi connectivity index (χ3n) is 2.73. The van der Waals surface area contributed by atoms with E-state index >= 15 is 0 Å². The quantitative estimate of drug-likeness (QED) is 0.692. The van der Waals surface area contributed by atoms with Crippen LogP contribution in [0.4, 0.5) is 5.13 Å². The van der Waals surface area contributed by atoms with Crippen molar-refractivity contribution >= 4 is 28.3 Å². The topological polar surface area (TPSA) is 89.2 Å². The summed E-state index contributed by atoms with van der Waals surface area (Å²) in [5.74, 6) is -0.247. The van der Waals surface area contributed by atoms with Crippen LogP contribution < -0.4 is 5.73 Å². The van der Waals surface area contributed by atoms with E-state index in [1.165, 1.54) is 16.2 Å². The summed E-state index contributed by atoms with van der Waals surface area (Å²) in [6.45, 7) is 0.222. The van der Waals surface area contributed by atoms with Gasteiger partial charge in [-0.05, 0) is 6.42 Å². The van der Waals surface area contributed by atoms with Crippen LogP contribution in [0, 0.1) is 11.8 Å². The third kappa shape index (κ3) is 1.23. The van der Waals surface area contributed by atoms with Crippen molar-refractivity contribution in [1.29, 1.82) is 0 Å². The minimum Gasteiger partial charge on any atom is -0.374 e. The Hall–Kier alpha value is -1.50. The molecule has 2 heterocycles. The summed E-state index contributed by atoms with van der Waals surface area (Å²) in [6.07, 6.45) is 0.729. The van der Waals surface area contributed by atoms with E-state index in [4.69, 9.17) is 5.73 Å². The van der Waals surface area contributed by atoms with Crippen LogP contribution >= 0.6 is 11.3 Å². The molecule has 1 aliphatic heterocycles. The van der Waals surface area contributed by atoms with Gasteiger partial charge >= 0.3 is 0 Å². The Morgan fingerprint density at radius 1 is 1.33 bits per heavy atom. The number of hydrogen-bond acceptors (Lipinski definition) is 6. The molecule has 1 saturated heterocycles. The first-order chi connectivity index (χ1) is 7.16. The molecular formula is C8H8N4O2S. The number of rotatable bonds is 2. The summed E-state index contributed by atoms with van der Waals surface area (Å²) in [5.41, 5.74) is 5.41.